The third-order valence-electron chi connectivity index (χ3n) is 3.76. The Morgan fingerprint density at radius 3 is 2.71 bits per heavy atom. The summed E-state index contributed by atoms with van der Waals surface area (Å²) in [6.45, 7) is 3.26. The number of carbonyl (C=O) groups excluding carboxylic acids is 1. The number of methoxy groups -OCH3 is 1. The summed E-state index contributed by atoms with van der Waals surface area (Å²) >= 11 is 3.44. The number of anilines is 1. The lowest BCUT2D eigenvalue weighted by molar-refractivity contribution is -0.120. The van der Waals surface area contributed by atoms with Crippen molar-refractivity contribution >= 4 is 27.5 Å². The van der Waals surface area contributed by atoms with Crippen molar-refractivity contribution in [1.82, 2.24) is 5.32 Å². The maximum absolute atomic E-state index is 11.9. The normalized spacial score (nSPS) is 10.3. The van der Waals surface area contributed by atoms with E-state index in [4.69, 9.17) is 4.74 Å². The van der Waals surface area contributed by atoms with Crippen LogP contribution in [0.4, 0.5) is 5.69 Å². The Balaban J connectivity index is 1.70. The summed E-state index contributed by atoms with van der Waals surface area (Å²) in [4.78, 5) is 11.9. The molecule has 2 rings (SSSR count). The second kappa shape index (κ2) is 9.33. The maximum atomic E-state index is 11.9. The lowest BCUT2D eigenvalue weighted by atomic mass is 10.1. The number of benzene rings is 2. The zero-order valence-electron chi connectivity index (χ0n) is 14.1. The van der Waals surface area contributed by atoms with Crippen LogP contribution in [0.15, 0.2) is 46.9 Å². The Kier molecular flexibility index (Phi) is 7.12. The van der Waals surface area contributed by atoms with Crippen LogP contribution >= 0.6 is 15.9 Å². The molecule has 0 aromatic heterocycles. The van der Waals surface area contributed by atoms with Crippen molar-refractivity contribution in [3.8, 4) is 5.75 Å². The molecule has 2 N–H and O–H groups in total. The molecule has 0 aliphatic rings. The highest BCUT2D eigenvalue weighted by atomic mass is 79.9. The highest BCUT2D eigenvalue weighted by Gasteiger charge is 2.05. The molecule has 0 heterocycles. The van der Waals surface area contributed by atoms with Gasteiger partial charge < -0.3 is 15.4 Å². The predicted octanol–water partition coefficient (Wildman–Crippen LogP) is 3.93. The minimum absolute atomic E-state index is 0.0483. The number of nitrogens with one attached hydrogen (secondary N) is 2. The second-order valence-corrected chi connectivity index (χ2v) is 6.46. The Labute approximate surface area is 151 Å². The average Bonchev–Trinajstić information content (AvgIpc) is 2.57. The zero-order valence-corrected chi connectivity index (χ0v) is 15.7. The molecule has 0 saturated carbocycles. The number of carbonyl (C=O) groups is 1. The highest BCUT2D eigenvalue weighted by Crippen LogP contribution is 2.20. The van der Waals surface area contributed by atoms with Gasteiger partial charge in [0.1, 0.15) is 5.75 Å². The van der Waals surface area contributed by atoms with Gasteiger partial charge in [-0.1, -0.05) is 34.1 Å². The van der Waals surface area contributed by atoms with E-state index in [0.717, 1.165) is 33.5 Å². The fourth-order valence-electron chi connectivity index (χ4n) is 2.47. The van der Waals surface area contributed by atoms with E-state index in [1.165, 1.54) is 0 Å². The van der Waals surface area contributed by atoms with Crippen LogP contribution < -0.4 is 15.4 Å². The molecule has 24 heavy (non-hydrogen) atoms. The summed E-state index contributed by atoms with van der Waals surface area (Å²) in [5.41, 5.74) is 3.31. The van der Waals surface area contributed by atoms with Crippen molar-refractivity contribution in [3.63, 3.8) is 0 Å². The lowest BCUT2D eigenvalue weighted by Gasteiger charge is -2.11. The summed E-state index contributed by atoms with van der Waals surface area (Å²) in [5, 5.41) is 6.25. The first-order chi connectivity index (χ1) is 11.6. The van der Waals surface area contributed by atoms with Gasteiger partial charge in [-0.3, -0.25) is 4.79 Å². The van der Waals surface area contributed by atoms with Crippen LogP contribution in [-0.4, -0.2) is 26.1 Å². The van der Waals surface area contributed by atoms with Gasteiger partial charge in [0.15, 0.2) is 0 Å². The fourth-order valence-corrected chi connectivity index (χ4v) is 2.95. The first-order valence-electron chi connectivity index (χ1n) is 7.99. The first kappa shape index (κ1) is 18.3. The number of para-hydroxylation sites is 1. The van der Waals surface area contributed by atoms with Gasteiger partial charge in [0, 0.05) is 29.7 Å². The number of halogens is 1. The number of hydrogen-bond donors (Lipinski definition) is 2. The van der Waals surface area contributed by atoms with Gasteiger partial charge in [-0.25, -0.2) is 0 Å². The SMILES string of the molecule is COc1ccccc1CCNC(=O)CCNc1ccc(Br)cc1C. The zero-order chi connectivity index (χ0) is 17.4. The van der Waals surface area contributed by atoms with Crippen molar-refractivity contribution in [1.29, 1.82) is 0 Å². The molecule has 0 aliphatic heterocycles. The van der Waals surface area contributed by atoms with E-state index in [-0.39, 0.29) is 5.91 Å². The number of rotatable bonds is 8. The number of aryl methyl sites for hydroxylation is 1. The van der Waals surface area contributed by atoms with E-state index in [0.29, 0.717) is 19.5 Å². The Morgan fingerprint density at radius 1 is 1.17 bits per heavy atom. The quantitative estimate of drug-likeness (QED) is 0.717. The smallest absolute Gasteiger partial charge is 0.221 e. The average molecular weight is 391 g/mol. The third-order valence-corrected chi connectivity index (χ3v) is 4.26. The maximum Gasteiger partial charge on any atom is 0.221 e. The van der Waals surface area contributed by atoms with Gasteiger partial charge >= 0.3 is 0 Å². The largest absolute Gasteiger partial charge is 0.496 e. The monoisotopic (exact) mass is 390 g/mol. The molecule has 2 aromatic carbocycles. The Bertz CT molecular complexity index is 689. The van der Waals surface area contributed by atoms with Crippen LogP contribution in [0.1, 0.15) is 17.5 Å². The molecule has 128 valence electrons. The summed E-state index contributed by atoms with van der Waals surface area (Å²) in [5.74, 6) is 0.909. The van der Waals surface area contributed by atoms with Crippen molar-refractivity contribution < 1.29 is 9.53 Å². The standard InChI is InChI=1S/C19H23BrN2O2/c1-14-13-16(20)7-8-17(14)21-12-10-19(23)22-11-9-15-5-3-4-6-18(15)24-2/h3-8,13,21H,9-12H2,1-2H3,(H,22,23). The number of hydrogen-bond acceptors (Lipinski definition) is 3. The van der Waals surface area contributed by atoms with E-state index >= 15 is 0 Å². The van der Waals surface area contributed by atoms with E-state index in [9.17, 15) is 4.79 Å². The van der Waals surface area contributed by atoms with Crippen LogP contribution in [0.3, 0.4) is 0 Å². The van der Waals surface area contributed by atoms with Gasteiger partial charge in [0.25, 0.3) is 0 Å². The van der Waals surface area contributed by atoms with Crippen LogP contribution in [-0.2, 0) is 11.2 Å². The van der Waals surface area contributed by atoms with Crippen molar-refractivity contribution in [2.75, 3.05) is 25.5 Å². The van der Waals surface area contributed by atoms with E-state index in [2.05, 4.69) is 32.6 Å². The van der Waals surface area contributed by atoms with Gasteiger partial charge in [0.05, 0.1) is 7.11 Å². The molecule has 0 spiro atoms. The molecule has 5 heteroatoms. The van der Waals surface area contributed by atoms with E-state index in [1.807, 2.05) is 43.3 Å². The molecule has 0 radical (unpaired) electrons. The molecule has 0 aliphatic carbocycles. The summed E-state index contributed by atoms with van der Waals surface area (Å²) in [6.07, 6.45) is 1.20. The molecule has 4 nitrogen and oxygen atoms in total. The molecule has 1 amide bonds. The van der Waals surface area contributed by atoms with Crippen LogP contribution in [0, 0.1) is 6.92 Å². The van der Waals surface area contributed by atoms with Gasteiger partial charge in [0.2, 0.25) is 5.91 Å². The third kappa shape index (κ3) is 5.57. The summed E-state index contributed by atoms with van der Waals surface area (Å²) < 4.78 is 6.37. The topological polar surface area (TPSA) is 50.4 Å². The minimum atomic E-state index is 0.0483. The van der Waals surface area contributed by atoms with Gasteiger partial charge in [-0.05, 0) is 48.7 Å². The van der Waals surface area contributed by atoms with E-state index < -0.39 is 0 Å². The Morgan fingerprint density at radius 2 is 1.96 bits per heavy atom. The second-order valence-electron chi connectivity index (χ2n) is 5.55. The molecule has 0 atom stereocenters. The van der Waals surface area contributed by atoms with E-state index in [1.54, 1.807) is 7.11 Å². The summed E-state index contributed by atoms with van der Waals surface area (Å²) in [6, 6.07) is 13.9. The number of ether oxygens (including phenoxy) is 1. The molecule has 0 saturated heterocycles. The van der Waals surface area contributed by atoms with Crippen LogP contribution in [0.25, 0.3) is 0 Å². The Hall–Kier alpha value is -2.01. The minimum Gasteiger partial charge on any atom is -0.496 e. The lowest BCUT2D eigenvalue weighted by Crippen LogP contribution is -2.27. The van der Waals surface area contributed by atoms with Crippen molar-refractivity contribution in [3.05, 3.63) is 58.1 Å². The summed E-state index contributed by atoms with van der Waals surface area (Å²) in [7, 11) is 1.66. The van der Waals surface area contributed by atoms with Crippen LogP contribution in [0.5, 0.6) is 5.75 Å². The molecule has 0 fully saturated rings. The fraction of sp³-hybridized carbons (Fsp3) is 0.316. The molecule has 0 bridgehead atoms. The molecular weight excluding hydrogens is 368 g/mol. The molecular formula is C19H23BrN2O2. The van der Waals surface area contributed by atoms with Crippen LogP contribution in [0.2, 0.25) is 0 Å². The highest BCUT2D eigenvalue weighted by molar-refractivity contribution is 9.10. The molecule has 2 aromatic rings. The van der Waals surface area contributed by atoms with Gasteiger partial charge in [-0.2, -0.15) is 0 Å². The number of amides is 1. The predicted molar refractivity (Wildman–Crippen MR) is 102 cm³/mol. The van der Waals surface area contributed by atoms with Gasteiger partial charge in [-0.15, -0.1) is 0 Å². The first-order valence-corrected chi connectivity index (χ1v) is 8.78. The van der Waals surface area contributed by atoms with Crippen molar-refractivity contribution in [2.24, 2.45) is 0 Å². The molecule has 0 unspecified atom stereocenters. The van der Waals surface area contributed by atoms with Crippen molar-refractivity contribution in [2.45, 2.75) is 19.8 Å².